The SMILES string of the molecule is Cc1cc(Cl)ccc1OCC(=O)Nc1ccc(Cl)cc1F. The maximum atomic E-state index is 13.5. The molecule has 0 aliphatic rings. The van der Waals surface area contributed by atoms with E-state index in [9.17, 15) is 9.18 Å². The van der Waals surface area contributed by atoms with Crippen LogP contribution in [0.3, 0.4) is 0 Å². The van der Waals surface area contributed by atoms with Gasteiger partial charge in [0.25, 0.3) is 5.91 Å². The summed E-state index contributed by atoms with van der Waals surface area (Å²) in [6.45, 7) is 1.59. The van der Waals surface area contributed by atoms with Gasteiger partial charge in [-0.05, 0) is 48.9 Å². The largest absolute Gasteiger partial charge is 0.483 e. The van der Waals surface area contributed by atoms with Crippen molar-refractivity contribution >= 4 is 34.8 Å². The van der Waals surface area contributed by atoms with Crippen molar-refractivity contribution in [2.75, 3.05) is 11.9 Å². The molecule has 0 radical (unpaired) electrons. The first-order valence-corrected chi connectivity index (χ1v) is 6.85. The first-order valence-electron chi connectivity index (χ1n) is 6.09. The van der Waals surface area contributed by atoms with Gasteiger partial charge in [-0.2, -0.15) is 0 Å². The van der Waals surface area contributed by atoms with Crippen LogP contribution in [0.25, 0.3) is 0 Å². The fourth-order valence-corrected chi connectivity index (χ4v) is 2.08. The minimum absolute atomic E-state index is 0.0563. The minimum atomic E-state index is -0.599. The van der Waals surface area contributed by atoms with Gasteiger partial charge in [-0.25, -0.2) is 4.39 Å². The Morgan fingerprint density at radius 3 is 2.52 bits per heavy atom. The minimum Gasteiger partial charge on any atom is -0.483 e. The molecule has 2 aromatic carbocycles. The molecule has 0 saturated heterocycles. The molecule has 1 N–H and O–H groups in total. The summed E-state index contributed by atoms with van der Waals surface area (Å²) >= 11 is 11.5. The van der Waals surface area contributed by atoms with E-state index >= 15 is 0 Å². The Bertz CT molecular complexity index is 677. The summed E-state index contributed by atoms with van der Waals surface area (Å²) < 4.78 is 18.9. The molecule has 110 valence electrons. The molecule has 0 atom stereocenters. The lowest BCUT2D eigenvalue weighted by Gasteiger charge is -2.10. The molecule has 2 aromatic rings. The van der Waals surface area contributed by atoms with E-state index in [0.717, 1.165) is 11.6 Å². The van der Waals surface area contributed by atoms with Crippen LogP contribution in [0.1, 0.15) is 5.56 Å². The van der Waals surface area contributed by atoms with Gasteiger partial charge >= 0.3 is 0 Å². The quantitative estimate of drug-likeness (QED) is 0.900. The van der Waals surface area contributed by atoms with Crippen molar-refractivity contribution in [3.8, 4) is 5.75 Å². The Morgan fingerprint density at radius 2 is 1.86 bits per heavy atom. The molecule has 0 saturated carbocycles. The Labute approximate surface area is 131 Å². The number of hydrogen-bond donors (Lipinski definition) is 1. The maximum absolute atomic E-state index is 13.5. The number of carbonyl (C=O) groups is 1. The average Bonchev–Trinajstić information content (AvgIpc) is 2.41. The lowest BCUT2D eigenvalue weighted by Crippen LogP contribution is -2.21. The van der Waals surface area contributed by atoms with Gasteiger partial charge in [-0.1, -0.05) is 23.2 Å². The second kappa shape index (κ2) is 6.78. The number of rotatable bonds is 4. The molecule has 0 unspecified atom stereocenters. The lowest BCUT2D eigenvalue weighted by molar-refractivity contribution is -0.118. The number of benzene rings is 2. The molecule has 21 heavy (non-hydrogen) atoms. The smallest absolute Gasteiger partial charge is 0.262 e. The van der Waals surface area contributed by atoms with Crippen molar-refractivity contribution in [2.45, 2.75) is 6.92 Å². The summed E-state index contributed by atoms with van der Waals surface area (Å²) in [5.74, 6) is -0.518. The number of hydrogen-bond acceptors (Lipinski definition) is 2. The average molecular weight is 328 g/mol. The number of nitrogens with one attached hydrogen (secondary N) is 1. The van der Waals surface area contributed by atoms with Crippen molar-refractivity contribution in [1.82, 2.24) is 0 Å². The number of ether oxygens (including phenoxy) is 1. The van der Waals surface area contributed by atoms with E-state index in [2.05, 4.69) is 5.32 Å². The first kappa shape index (κ1) is 15.6. The van der Waals surface area contributed by atoms with Gasteiger partial charge in [0, 0.05) is 10.0 Å². The van der Waals surface area contributed by atoms with Crippen LogP contribution >= 0.6 is 23.2 Å². The third-order valence-electron chi connectivity index (χ3n) is 2.70. The van der Waals surface area contributed by atoms with Crippen LogP contribution in [-0.4, -0.2) is 12.5 Å². The van der Waals surface area contributed by atoms with Crippen molar-refractivity contribution in [2.24, 2.45) is 0 Å². The highest BCUT2D eigenvalue weighted by Gasteiger charge is 2.09. The summed E-state index contributed by atoms with van der Waals surface area (Å²) in [6.07, 6.45) is 0. The summed E-state index contributed by atoms with van der Waals surface area (Å²) in [4.78, 5) is 11.7. The Hall–Kier alpha value is -1.78. The number of amides is 1. The highest BCUT2D eigenvalue weighted by atomic mass is 35.5. The molecule has 0 bridgehead atoms. The van der Waals surface area contributed by atoms with Crippen LogP contribution < -0.4 is 10.1 Å². The van der Waals surface area contributed by atoms with Gasteiger partial charge in [0.1, 0.15) is 11.6 Å². The van der Waals surface area contributed by atoms with Crippen LogP contribution in [0, 0.1) is 12.7 Å². The van der Waals surface area contributed by atoms with Crippen LogP contribution in [0.15, 0.2) is 36.4 Å². The molecule has 2 rings (SSSR count). The maximum Gasteiger partial charge on any atom is 0.262 e. The lowest BCUT2D eigenvalue weighted by atomic mass is 10.2. The number of anilines is 1. The van der Waals surface area contributed by atoms with Gasteiger partial charge in [0.15, 0.2) is 6.61 Å². The van der Waals surface area contributed by atoms with Crippen LogP contribution in [0.4, 0.5) is 10.1 Å². The molecular weight excluding hydrogens is 316 g/mol. The molecule has 0 heterocycles. The molecule has 0 aliphatic heterocycles. The zero-order valence-electron chi connectivity index (χ0n) is 11.1. The fraction of sp³-hybridized carbons (Fsp3) is 0.133. The molecule has 1 amide bonds. The van der Waals surface area contributed by atoms with Gasteiger partial charge in [-0.3, -0.25) is 4.79 Å². The van der Waals surface area contributed by atoms with E-state index in [1.54, 1.807) is 18.2 Å². The van der Waals surface area contributed by atoms with Gasteiger partial charge in [-0.15, -0.1) is 0 Å². The molecule has 0 aliphatic carbocycles. The van der Waals surface area contributed by atoms with E-state index in [-0.39, 0.29) is 17.3 Å². The van der Waals surface area contributed by atoms with E-state index in [4.69, 9.17) is 27.9 Å². The monoisotopic (exact) mass is 327 g/mol. The second-order valence-electron chi connectivity index (χ2n) is 4.37. The Morgan fingerprint density at radius 1 is 1.19 bits per heavy atom. The van der Waals surface area contributed by atoms with Crippen molar-refractivity contribution in [3.05, 3.63) is 57.8 Å². The zero-order valence-corrected chi connectivity index (χ0v) is 12.6. The van der Waals surface area contributed by atoms with E-state index in [0.29, 0.717) is 10.8 Å². The van der Waals surface area contributed by atoms with Crippen molar-refractivity contribution in [3.63, 3.8) is 0 Å². The van der Waals surface area contributed by atoms with Crippen LogP contribution in [0.5, 0.6) is 5.75 Å². The topological polar surface area (TPSA) is 38.3 Å². The number of carbonyl (C=O) groups excluding carboxylic acids is 1. The Balaban J connectivity index is 1.96. The van der Waals surface area contributed by atoms with Gasteiger partial charge < -0.3 is 10.1 Å². The standard InChI is InChI=1S/C15H12Cl2FNO2/c1-9-6-10(16)3-5-14(9)21-8-15(20)19-13-4-2-11(17)7-12(13)18/h2-7H,8H2,1H3,(H,19,20). The highest BCUT2D eigenvalue weighted by Crippen LogP contribution is 2.22. The third kappa shape index (κ3) is 4.34. The number of aryl methyl sites for hydroxylation is 1. The normalized spacial score (nSPS) is 10.3. The fourth-order valence-electron chi connectivity index (χ4n) is 1.70. The van der Waals surface area contributed by atoms with Crippen molar-refractivity contribution < 1.29 is 13.9 Å². The van der Waals surface area contributed by atoms with E-state index < -0.39 is 11.7 Å². The second-order valence-corrected chi connectivity index (χ2v) is 5.24. The third-order valence-corrected chi connectivity index (χ3v) is 3.17. The van der Waals surface area contributed by atoms with E-state index in [1.807, 2.05) is 6.92 Å². The molecule has 3 nitrogen and oxygen atoms in total. The van der Waals surface area contributed by atoms with Crippen LogP contribution in [0.2, 0.25) is 10.0 Å². The van der Waals surface area contributed by atoms with E-state index in [1.165, 1.54) is 12.1 Å². The van der Waals surface area contributed by atoms with Crippen molar-refractivity contribution in [1.29, 1.82) is 0 Å². The summed E-state index contributed by atoms with van der Waals surface area (Å²) in [5.41, 5.74) is 0.869. The predicted octanol–water partition coefficient (Wildman–Crippen LogP) is 4.46. The first-order chi connectivity index (χ1) is 9.95. The molecule has 0 spiro atoms. The summed E-state index contributed by atoms with van der Waals surface area (Å²) in [7, 11) is 0. The molecule has 0 fully saturated rings. The van der Waals surface area contributed by atoms with Gasteiger partial charge in [0.05, 0.1) is 5.69 Å². The highest BCUT2D eigenvalue weighted by molar-refractivity contribution is 6.31. The molecule has 6 heteroatoms. The zero-order chi connectivity index (χ0) is 15.4. The van der Waals surface area contributed by atoms with Crippen LogP contribution in [-0.2, 0) is 4.79 Å². The van der Waals surface area contributed by atoms with Gasteiger partial charge in [0.2, 0.25) is 0 Å². The Kier molecular flexibility index (Phi) is 5.04. The number of halogens is 3. The molecular formula is C15H12Cl2FNO2. The summed E-state index contributed by atoms with van der Waals surface area (Å²) in [5, 5.41) is 3.27. The summed E-state index contributed by atoms with van der Waals surface area (Å²) in [6, 6.07) is 9.08. The molecule has 0 aromatic heterocycles. The predicted molar refractivity (Wildman–Crippen MR) is 81.7 cm³/mol.